The number of likely N-dealkylation sites (tertiary alicyclic amines) is 1. The fourth-order valence-electron chi connectivity index (χ4n) is 2.93. The number of carboxylic acids is 1. The molecule has 5 nitrogen and oxygen atoms in total. The van der Waals surface area contributed by atoms with Crippen molar-refractivity contribution >= 4 is 11.9 Å². The van der Waals surface area contributed by atoms with Crippen molar-refractivity contribution in [3.8, 4) is 0 Å². The van der Waals surface area contributed by atoms with Gasteiger partial charge < -0.3 is 14.7 Å². The highest BCUT2D eigenvalue weighted by Crippen LogP contribution is 2.29. The molecule has 0 aromatic carbocycles. The summed E-state index contributed by atoms with van der Waals surface area (Å²) < 4.78 is 5.31. The number of piperidine rings is 1. The Morgan fingerprint density at radius 2 is 1.95 bits per heavy atom. The van der Waals surface area contributed by atoms with Gasteiger partial charge in [-0.1, -0.05) is 12.2 Å². The summed E-state index contributed by atoms with van der Waals surface area (Å²) in [6.07, 6.45) is 6.73. The van der Waals surface area contributed by atoms with Gasteiger partial charge in [-0.05, 0) is 25.7 Å². The highest BCUT2D eigenvalue weighted by molar-refractivity contribution is 5.85. The van der Waals surface area contributed by atoms with Crippen LogP contribution in [0.15, 0.2) is 12.2 Å². The number of aliphatic carboxylic acids is 1. The van der Waals surface area contributed by atoms with Gasteiger partial charge in [-0.3, -0.25) is 9.59 Å². The second-order valence-electron chi connectivity index (χ2n) is 5.28. The lowest BCUT2D eigenvalue weighted by Gasteiger charge is -2.36. The van der Waals surface area contributed by atoms with Crippen LogP contribution in [0.5, 0.6) is 0 Å². The number of nitrogens with zero attached hydrogens (tertiary/aromatic N) is 1. The monoisotopic (exact) mass is 267 g/mol. The first-order chi connectivity index (χ1) is 9.13. The number of hydrogen-bond acceptors (Lipinski definition) is 3. The smallest absolute Gasteiger partial charge is 0.307 e. The van der Waals surface area contributed by atoms with Crippen LogP contribution in [0.3, 0.4) is 0 Å². The molecule has 2 rings (SSSR count). The Bertz CT molecular complexity index is 380. The lowest BCUT2D eigenvalue weighted by atomic mass is 9.82. The van der Waals surface area contributed by atoms with Gasteiger partial charge in [-0.15, -0.1) is 0 Å². The zero-order valence-electron chi connectivity index (χ0n) is 11.2. The molecule has 1 heterocycles. The number of carboxylic acid groups (broad SMARTS) is 1. The van der Waals surface area contributed by atoms with Gasteiger partial charge in [0.15, 0.2) is 0 Å². The predicted molar refractivity (Wildman–Crippen MR) is 69.6 cm³/mol. The van der Waals surface area contributed by atoms with E-state index < -0.39 is 17.8 Å². The van der Waals surface area contributed by atoms with Crippen molar-refractivity contribution < 1.29 is 19.4 Å². The zero-order valence-corrected chi connectivity index (χ0v) is 11.2. The standard InChI is InChI=1S/C14H21NO4/c1-19-10-5-4-8-15(9-10)13(16)11-6-2-3-7-12(11)14(17)18/h2-3,10-12H,4-9H2,1H3,(H,17,18). The summed E-state index contributed by atoms with van der Waals surface area (Å²) in [5.74, 6) is -1.90. The fourth-order valence-corrected chi connectivity index (χ4v) is 2.93. The minimum Gasteiger partial charge on any atom is -0.481 e. The van der Waals surface area contributed by atoms with Crippen LogP contribution in [-0.2, 0) is 14.3 Å². The molecule has 3 unspecified atom stereocenters. The molecule has 2 aliphatic rings. The van der Waals surface area contributed by atoms with E-state index in [0.29, 0.717) is 25.9 Å². The van der Waals surface area contributed by atoms with Crippen molar-refractivity contribution in [2.45, 2.75) is 31.8 Å². The molecular formula is C14H21NO4. The molecule has 0 bridgehead atoms. The molecule has 0 aromatic heterocycles. The van der Waals surface area contributed by atoms with Crippen LogP contribution in [0, 0.1) is 11.8 Å². The second kappa shape index (κ2) is 6.19. The average molecular weight is 267 g/mol. The van der Waals surface area contributed by atoms with Gasteiger partial charge in [0, 0.05) is 20.2 Å². The Hall–Kier alpha value is -1.36. The minimum atomic E-state index is -0.872. The Morgan fingerprint density at radius 1 is 1.26 bits per heavy atom. The molecule has 1 aliphatic heterocycles. The maximum absolute atomic E-state index is 12.5. The molecular weight excluding hydrogens is 246 g/mol. The van der Waals surface area contributed by atoms with E-state index in [2.05, 4.69) is 0 Å². The molecule has 0 aromatic rings. The third kappa shape index (κ3) is 3.15. The SMILES string of the molecule is COC1CCCN(C(=O)C2CC=CCC2C(=O)O)C1. The molecule has 19 heavy (non-hydrogen) atoms. The summed E-state index contributed by atoms with van der Waals surface area (Å²) in [5, 5.41) is 9.22. The van der Waals surface area contributed by atoms with Gasteiger partial charge >= 0.3 is 5.97 Å². The molecule has 1 saturated heterocycles. The third-order valence-electron chi connectivity index (χ3n) is 4.09. The van der Waals surface area contributed by atoms with E-state index in [4.69, 9.17) is 4.74 Å². The van der Waals surface area contributed by atoms with Gasteiger partial charge in [0.1, 0.15) is 0 Å². The van der Waals surface area contributed by atoms with E-state index in [0.717, 1.165) is 12.8 Å². The van der Waals surface area contributed by atoms with Crippen molar-refractivity contribution in [3.63, 3.8) is 0 Å². The lowest BCUT2D eigenvalue weighted by Crippen LogP contribution is -2.48. The fraction of sp³-hybridized carbons (Fsp3) is 0.714. The van der Waals surface area contributed by atoms with Crippen LogP contribution in [0.1, 0.15) is 25.7 Å². The van der Waals surface area contributed by atoms with E-state index in [9.17, 15) is 14.7 Å². The first kappa shape index (κ1) is 14.1. The lowest BCUT2D eigenvalue weighted by molar-refractivity contribution is -0.152. The van der Waals surface area contributed by atoms with Gasteiger partial charge in [0.25, 0.3) is 0 Å². The highest BCUT2D eigenvalue weighted by Gasteiger charge is 2.37. The van der Waals surface area contributed by atoms with Crippen molar-refractivity contribution in [2.24, 2.45) is 11.8 Å². The molecule has 1 amide bonds. The topological polar surface area (TPSA) is 66.8 Å². The Morgan fingerprint density at radius 3 is 2.58 bits per heavy atom. The quantitative estimate of drug-likeness (QED) is 0.782. The second-order valence-corrected chi connectivity index (χ2v) is 5.28. The third-order valence-corrected chi connectivity index (χ3v) is 4.09. The van der Waals surface area contributed by atoms with Crippen molar-refractivity contribution in [1.29, 1.82) is 0 Å². The number of carbonyl (C=O) groups is 2. The van der Waals surface area contributed by atoms with Gasteiger partial charge in [0.2, 0.25) is 5.91 Å². The zero-order chi connectivity index (χ0) is 13.8. The maximum atomic E-state index is 12.5. The van der Waals surface area contributed by atoms with E-state index in [1.807, 2.05) is 12.2 Å². The largest absolute Gasteiger partial charge is 0.481 e. The van der Waals surface area contributed by atoms with E-state index in [1.54, 1.807) is 12.0 Å². The van der Waals surface area contributed by atoms with Gasteiger partial charge in [-0.2, -0.15) is 0 Å². The van der Waals surface area contributed by atoms with Crippen molar-refractivity contribution in [3.05, 3.63) is 12.2 Å². The number of allylic oxidation sites excluding steroid dienone is 2. The van der Waals surface area contributed by atoms with E-state index in [-0.39, 0.29) is 12.0 Å². The molecule has 0 radical (unpaired) electrons. The molecule has 0 saturated carbocycles. The number of hydrogen-bond donors (Lipinski definition) is 1. The van der Waals surface area contributed by atoms with Crippen LogP contribution >= 0.6 is 0 Å². The molecule has 0 spiro atoms. The summed E-state index contributed by atoms with van der Waals surface area (Å²) in [6, 6.07) is 0. The van der Waals surface area contributed by atoms with Gasteiger partial charge in [-0.25, -0.2) is 0 Å². The molecule has 1 N–H and O–H groups in total. The van der Waals surface area contributed by atoms with Crippen LogP contribution < -0.4 is 0 Å². The molecule has 106 valence electrons. The average Bonchev–Trinajstić information content (AvgIpc) is 2.46. The van der Waals surface area contributed by atoms with Crippen LogP contribution in [0.25, 0.3) is 0 Å². The predicted octanol–water partition coefficient (Wildman–Crippen LogP) is 1.29. The molecule has 1 aliphatic carbocycles. The Kier molecular flexibility index (Phi) is 4.58. The first-order valence-corrected chi connectivity index (χ1v) is 6.83. The summed E-state index contributed by atoms with van der Waals surface area (Å²) in [6.45, 7) is 1.30. The van der Waals surface area contributed by atoms with Gasteiger partial charge in [0.05, 0.1) is 17.9 Å². The summed E-state index contributed by atoms with van der Waals surface area (Å²) >= 11 is 0. The molecule has 5 heteroatoms. The Balaban J connectivity index is 2.05. The number of amides is 1. The van der Waals surface area contributed by atoms with Crippen LogP contribution in [0.2, 0.25) is 0 Å². The summed E-state index contributed by atoms with van der Waals surface area (Å²) in [7, 11) is 1.65. The Labute approximate surface area is 113 Å². The number of carbonyl (C=O) groups excluding carboxylic acids is 1. The normalized spacial score (nSPS) is 31.2. The van der Waals surface area contributed by atoms with E-state index in [1.165, 1.54) is 0 Å². The van der Waals surface area contributed by atoms with Crippen molar-refractivity contribution in [2.75, 3.05) is 20.2 Å². The number of rotatable bonds is 3. The number of ether oxygens (including phenoxy) is 1. The van der Waals surface area contributed by atoms with Crippen LogP contribution in [-0.4, -0.2) is 48.2 Å². The summed E-state index contributed by atoms with van der Waals surface area (Å²) in [5.41, 5.74) is 0. The molecule has 1 fully saturated rings. The van der Waals surface area contributed by atoms with Crippen LogP contribution in [0.4, 0.5) is 0 Å². The molecule has 3 atom stereocenters. The highest BCUT2D eigenvalue weighted by atomic mass is 16.5. The van der Waals surface area contributed by atoms with Crippen molar-refractivity contribution in [1.82, 2.24) is 4.90 Å². The maximum Gasteiger partial charge on any atom is 0.307 e. The minimum absolute atomic E-state index is 0.0292. The first-order valence-electron chi connectivity index (χ1n) is 6.83. The van der Waals surface area contributed by atoms with E-state index >= 15 is 0 Å². The summed E-state index contributed by atoms with van der Waals surface area (Å²) in [4.78, 5) is 25.5. The number of methoxy groups -OCH3 is 1.